The summed E-state index contributed by atoms with van der Waals surface area (Å²) in [5.74, 6) is 0.775. The van der Waals surface area contributed by atoms with E-state index in [-0.39, 0.29) is 17.9 Å². The number of hydrogen-bond donors (Lipinski definition) is 0. The first-order valence-corrected chi connectivity index (χ1v) is 9.42. The van der Waals surface area contributed by atoms with E-state index in [9.17, 15) is 22.8 Å². The second kappa shape index (κ2) is 7.90. The van der Waals surface area contributed by atoms with Crippen LogP contribution in [0.3, 0.4) is 0 Å². The monoisotopic (exact) mass is 386 g/mol. The Kier molecular flexibility index (Phi) is 5.76. The molecule has 2 aliphatic rings. The molecule has 0 saturated carbocycles. The van der Waals surface area contributed by atoms with Crippen molar-refractivity contribution in [2.75, 3.05) is 19.6 Å². The van der Waals surface area contributed by atoms with Crippen LogP contribution in [0.15, 0.2) is 12.4 Å². The lowest BCUT2D eigenvalue weighted by atomic mass is 9.82. The quantitative estimate of drug-likeness (QED) is 0.754. The summed E-state index contributed by atoms with van der Waals surface area (Å²) in [6.07, 6.45) is -0.412. The molecule has 150 valence electrons. The fourth-order valence-corrected chi connectivity index (χ4v) is 4.00. The van der Waals surface area contributed by atoms with Gasteiger partial charge in [0.05, 0.1) is 6.42 Å². The molecule has 0 unspecified atom stereocenters. The van der Waals surface area contributed by atoms with Crippen LogP contribution in [0.5, 0.6) is 0 Å². The van der Waals surface area contributed by atoms with Gasteiger partial charge < -0.3 is 14.4 Å². The molecular weight excluding hydrogens is 361 g/mol. The number of nitrogens with zero attached hydrogens (tertiary/aromatic N) is 4. The molecule has 3 heterocycles. The van der Waals surface area contributed by atoms with E-state index < -0.39 is 24.9 Å². The van der Waals surface area contributed by atoms with E-state index in [4.69, 9.17) is 0 Å². The number of piperidine rings is 1. The van der Waals surface area contributed by atoms with Crippen LogP contribution in [0.4, 0.5) is 13.2 Å². The zero-order chi connectivity index (χ0) is 19.6. The van der Waals surface area contributed by atoms with Crippen LogP contribution >= 0.6 is 0 Å². The van der Waals surface area contributed by atoms with Gasteiger partial charge in [-0.15, -0.1) is 0 Å². The SMILES string of the molecule is CCc1nccn1CCC(=O)N1CC[C@H]2[C@@H](C1)CN2C(=O)CCC(F)(F)F. The molecule has 3 rings (SSSR count). The molecule has 0 bridgehead atoms. The number of likely N-dealkylation sites (tertiary alicyclic amines) is 2. The molecule has 0 spiro atoms. The minimum absolute atomic E-state index is 0.0184. The Morgan fingerprint density at radius 1 is 1.22 bits per heavy atom. The predicted molar refractivity (Wildman–Crippen MR) is 91.7 cm³/mol. The number of carbonyl (C=O) groups is 2. The molecule has 6 nitrogen and oxygen atoms in total. The van der Waals surface area contributed by atoms with Crippen LogP contribution in [0.25, 0.3) is 0 Å². The van der Waals surface area contributed by atoms with Gasteiger partial charge in [0.15, 0.2) is 0 Å². The molecule has 1 aromatic heterocycles. The van der Waals surface area contributed by atoms with E-state index in [1.807, 2.05) is 22.6 Å². The highest BCUT2D eigenvalue weighted by Crippen LogP contribution is 2.34. The second-order valence-electron chi connectivity index (χ2n) is 7.26. The summed E-state index contributed by atoms with van der Waals surface area (Å²) in [6, 6.07) is -0.0184. The Morgan fingerprint density at radius 2 is 2.00 bits per heavy atom. The molecule has 2 saturated heterocycles. The molecule has 0 N–H and O–H groups in total. The third-order valence-electron chi connectivity index (χ3n) is 5.51. The highest BCUT2D eigenvalue weighted by molar-refractivity contribution is 5.78. The van der Waals surface area contributed by atoms with Gasteiger partial charge in [0.1, 0.15) is 5.82 Å². The summed E-state index contributed by atoms with van der Waals surface area (Å²) in [5, 5.41) is 0. The van der Waals surface area contributed by atoms with Gasteiger partial charge in [-0.3, -0.25) is 9.59 Å². The molecule has 0 aliphatic carbocycles. The first-order chi connectivity index (χ1) is 12.8. The van der Waals surface area contributed by atoms with Gasteiger partial charge in [-0.1, -0.05) is 6.92 Å². The Balaban J connectivity index is 1.43. The van der Waals surface area contributed by atoms with Gasteiger partial charge in [0, 0.05) is 69.8 Å². The molecule has 1 aromatic rings. The van der Waals surface area contributed by atoms with E-state index in [0.29, 0.717) is 39.0 Å². The number of carbonyl (C=O) groups excluding carboxylic acids is 2. The van der Waals surface area contributed by atoms with E-state index >= 15 is 0 Å². The van der Waals surface area contributed by atoms with Crippen molar-refractivity contribution in [3.63, 3.8) is 0 Å². The topological polar surface area (TPSA) is 58.4 Å². The van der Waals surface area contributed by atoms with Crippen molar-refractivity contribution < 1.29 is 22.8 Å². The molecule has 9 heteroatoms. The number of halogens is 3. The Bertz CT molecular complexity index is 688. The summed E-state index contributed by atoms with van der Waals surface area (Å²) in [6.45, 7) is 4.19. The van der Waals surface area contributed by atoms with Crippen LogP contribution < -0.4 is 0 Å². The van der Waals surface area contributed by atoms with Crippen LogP contribution in [0.2, 0.25) is 0 Å². The minimum atomic E-state index is -4.30. The van der Waals surface area contributed by atoms with Crippen LogP contribution in [-0.4, -0.2) is 63.0 Å². The Morgan fingerprint density at radius 3 is 2.67 bits per heavy atom. The third kappa shape index (κ3) is 4.62. The molecule has 27 heavy (non-hydrogen) atoms. The zero-order valence-corrected chi connectivity index (χ0v) is 15.4. The predicted octanol–water partition coefficient (Wildman–Crippen LogP) is 2.24. The Hall–Kier alpha value is -2.06. The lowest BCUT2D eigenvalue weighted by Gasteiger charge is -2.53. The van der Waals surface area contributed by atoms with Gasteiger partial charge in [0.25, 0.3) is 0 Å². The van der Waals surface area contributed by atoms with Gasteiger partial charge in [0.2, 0.25) is 11.8 Å². The van der Waals surface area contributed by atoms with E-state index in [2.05, 4.69) is 4.98 Å². The lowest BCUT2D eigenvalue weighted by Crippen LogP contribution is -2.65. The number of hydrogen-bond acceptors (Lipinski definition) is 3. The van der Waals surface area contributed by atoms with Crippen LogP contribution in [-0.2, 0) is 22.6 Å². The normalized spacial score (nSPS) is 22.4. The van der Waals surface area contributed by atoms with Gasteiger partial charge in [-0.25, -0.2) is 4.98 Å². The lowest BCUT2D eigenvalue weighted by molar-refractivity contribution is -0.161. The number of amides is 2. The molecule has 2 amide bonds. The van der Waals surface area contributed by atoms with Crippen molar-refractivity contribution >= 4 is 11.8 Å². The number of alkyl halides is 3. The second-order valence-corrected chi connectivity index (χ2v) is 7.26. The number of fused-ring (bicyclic) bond motifs is 1. The summed E-state index contributed by atoms with van der Waals surface area (Å²) < 4.78 is 38.8. The molecule has 2 atom stereocenters. The highest BCUT2D eigenvalue weighted by atomic mass is 19.4. The summed E-state index contributed by atoms with van der Waals surface area (Å²) in [7, 11) is 0. The van der Waals surface area contributed by atoms with Crippen LogP contribution in [0, 0.1) is 5.92 Å². The zero-order valence-electron chi connectivity index (χ0n) is 15.4. The third-order valence-corrected chi connectivity index (χ3v) is 5.51. The van der Waals surface area contributed by atoms with Crippen molar-refractivity contribution in [3.05, 3.63) is 18.2 Å². The average molecular weight is 386 g/mol. The average Bonchev–Trinajstić information content (AvgIpc) is 3.05. The maximum Gasteiger partial charge on any atom is 0.389 e. The number of imidazole rings is 1. The first kappa shape index (κ1) is 19.7. The number of aryl methyl sites for hydroxylation is 2. The Labute approximate surface area is 156 Å². The smallest absolute Gasteiger partial charge is 0.342 e. The maximum absolute atomic E-state index is 12.5. The van der Waals surface area contributed by atoms with E-state index in [1.54, 1.807) is 11.1 Å². The van der Waals surface area contributed by atoms with Gasteiger partial charge in [-0.05, 0) is 6.42 Å². The summed E-state index contributed by atoms with van der Waals surface area (Å²) in [5.41, 5.74) is 0. The van der Waals surface area contributed by atoms with E-state index in [0.717, 1.165) is 12.2 Å². The summed E-state index contributed by atoms with van der Waals surface area (Å²) in [4.78, 5) is 32.1. The fraction of sp³-hybridized carbons (Fsp3) is 0.722. The number of rotatable bonds is 6. The molecule has 2 aliphatic heterocycles. The first-order valence-electron chi connectivity index (χ1n) is 9.42. The molecule has 0 radical (unpaired) electrons. The van der Waals surface area contributed by atoms with Crippen molar-refractivity contribution in [3.8, 4) is 0 Å². The van der Waals surface area contributed by atoms with Crippen molar-refractivity contribution in [2.45, 2.75) is 57.8 Å². The molecular formula is C18H25F3N4O2. The minimum Gasteiger partial charge on any atom is -0.342 e. The fourth-order valence-electron chi connectivity index (χ4n) is 4.00. The van der Waals surface area contributed by atoms with Crippen molar-refractivity contribution in [1.29, 1.82) is 0 Å². The number of aromatic nitrogens is 2. The largest absolute Gasteiger partial charge is 0.389 e. The van der Waals surface area contributed by atoms with Gasteiger partial charge in [-0.2, -0.15) is 13.2 Å². The molecule has 2 fully saturated rings. The van der Waals surface area contributed by atoms with Crippen LogP contribution in [0.1, 0.15) is 38.4 Å². The maximum atomic E-state index is 12.5. The highest BCUT2D eigenvalue weighted by Gasteiger charge is 2.45. The van der Waals surface area contributed by atoms with E-state index in [1.165, 1.54) is 0 Å². The van der Waals surface area contributed by atoms with Gasteiger partial charge >= 0.3 is 6.18 Å². The standard InChI is InChI=1S/C18H25F3N4O2/c1-2-15-22-7-10-23(15)9-5-16(26)24-8-4-14-13(11-24)12-25(14)17(27)3-6-18(19,20)21/h7,10,13-14H,2-6,8-9,11-12H2,1H3/t13-,14-/m0/s1. The molecule has 0 aromatic carbocycles. The van der Waals surface area contributed by atoms with Crippen molar-refractivity contribution in [1.82, 2.24) is 19.4 Å². The summed E-state index contributed by atoms with van der Waals surface area (Å²) >= 11 is 0. The van der Waals surface area contributed by atoms with Crippen molar-refractivity contribution in [2.24, 2.45) is 5.92 Å².